The van der Waals surface area contributed by atoms with E-state index in [1.807, 2.05) is 44.0 Å². The van der Waals surface area contributed by atoms with Crippen molar-refractivity contribution in [1.82, 2.24) is 9.47 Å². The summed E-state index contributed by atoms with van der Waals surface area (Å²) in [5.74, 6) is 0.888. The van der Waals surface area contributed by atoms with Gasteiger partial charge in [-0.25, -0.2) is 0 Å². The Morgan fingerprint density at radius 2 is 2.06 bits per heavy atom. The summed E-state index contributed by atoms with van der Waals surface area (Å²) in [5, 5.41) is 1.86. The third-order valence-electron chi connectivity index (χ3n) is 2.87. The van der Waals surface area contributed by atoms with Gasteiger partial charge in [0.25, 0.3) is 0 Å². The maximum absolute atomic E-state index is 6.30. The van der Waals surface area contributed by atoms with Crippen molar-refractivity contribution in [3.63, 3.8) is 0 Å². The highest BCUT2D eigenvalue weighted by molar-refractivity contribution is 6.36. The SMILES string of the molecule is COc1ccc2c(c(Cl)cn2C)c1CN(C)C. The third kappa shape index (κ3) is 2.13. The Labute approximate surface area is 107 Å². The van der Waals surface area contributed by atoms with Crippen LogP contribution in [0.1, 0.15) is 5.56 Å². The quantitative estimate of drug-likeness (QED) is 0.836. The van der Waals surface area contributed by atoms with Crippen molar-refractivity contribution in [3.8, 4) is 5.75 Å². The second-order valence-corrected chi connectivity index (χ2v) is 4.87. The lowest BCUT2D eigenvalue weighted by Crippen LogP contribution is -2.12. The Morgan fingerprint density at radius 3 is 2.65 bits per heavy atom. The van der Waals surface area contributed by atoms with E-state index in [9.17, 15) is 0 Å². The van der Waals surface area contributed by atoms with Crippen LogP contribution < -0.4 is 4.74 Å². The molecule has 17 heavy (non-hydrogen) atoms. The molecule has 0 N–H and O–H groups in total. The average molecular weight is 253 g/mol. The number of methoxy groups -OCH3 is 1. The number of hydrogen-bond donors (Lipinski definition) is 0. The summed E-state index contributed by atoms with van der Waals surface area (Å²) in [6.45, 7) is 0.810. The lowest BCUT2D eigenvalue weighted by Gasteiger charge is -2.15. The van der Waals surface area contributed by atoms with Gasteiger partial charge in [0.1, 0.15) is 5.75 Å². The lowest BCUT2D eigenvalue weighted by atomic mass is 10.1. The zero-order chi connectivity index (χ0) is 12.6. The van der Waals surface area contributed by atoms with E-state index in [0.717, 1.165) is 33.8 Å². The summed E-state index contributed by atoms with van der Waals surface area (Å²) in [6.07, 6.45) is 1.94. The largest absolute Gasteiger partial charge is 0.496 e. The molecule has 3 nitrogen and oxygen atoms in total. The van der Waals surface area contributed by atoms with Gasteiger partial charge in [-0.15, -0.1) is 0 Å². The standard InChI is InChI=1S/C13H17ClN2O/c1-15(2)7-9-12(17-4)6-5-11-13(9)10(14)8-16(11)3/h5-6,8H,7H2,1-4H3. The van der Waals surface area contributed by atoms with E-state index < -0.39 is 0 Å². The van der Waals surface area contributed by atoms with Gasteiger partial charge in [0.05, 0.1) is 12.1 Å². The number of nitrogens with zero attached hydrogens (tertiary/aromatic N) is 2. The van der Waals surface area contributed by atoms with Gasteiger partial charge in [0, 0.05) is 36.3 Å². The monoisotopic (exact) mass is 252 g/mol. The molecule has 1 aromatic carbocycles. The third-order valence-corrected chi connectivity index (χ3v) is 3.15. The normalized spacial score (nSPS) is 11.4. The highest BCUT2D eigenvalue weighted by Crippen LogP contribution is 2.34. The second-order valence-electron chi connectivity index (χ2n) is 4.47. The van der Waals surface area contributed by atoms with Crippen molar-refractivity contribution in [2.45, 2.75) is 6.54 Å². The van der Waals surface area contributed by atoms with E-state index in [0.29, 0.717) is 0 Å². The summed E-state index contributed by atoms with van der Waals surface area (Å²) in [5.41, 5.74) is 2.27. The van der Waals surface area contributed by atoms with Gasteiger partial charge in [0.15, 0.2) is 0 Å². The molecule has 2 aromatic rings. The molecule has 0 saturated heterocycles. The number of fused-ring (bicyclic) bond motifs is 1. The summed E-state index contributed by atoms with van der Waals surface area (Å²) in [7, 11) is 7.77. The minimum absolute atomic E-state index is 0.776. The van der Waals surface area contributed by atoms with E-state index in [2.05, 4.69) is 4.90 Å². The minimum atomic E-state index is 0.776. The Balaban J connectivity index is 2.73. The Kier molecular flexibility index (Phi) is 3.31. The zero-order valence-corrected chi connectivity index (χ0v) is 11.4. The van der Waals surface area contributed by atoms with Crippen LogP contribution in [0.3, 0.4) is 0 Å². The molecular weight excluding hydrogens is 236 g/mol. The second kappa shape index (κ2) is 4.59. The number of aryl methyl sites for hydroxylation is 1. The molecule has 0 atom stereocenters. The first-order chi connectivity index (χ1) is 8.04. The predicted molar refractivity (Wildman–Crippen MR) is 71.9 cm³/mol. The van der Waals surface area contributed by atoms with Crippen molar-refractivity contribution in [2.24, 2.45) is 7.05 Å². The number of hydrogen-bond acceptors (Lipinski definition) is 2. The van der Waals surface area contributed by atoms with Crippen molar-refractivity contribution < 1.29 is 4.74 Å². The van der Waals surface area contributed by atoms with Gasteiger partial charge in [-0.2, -0.15) is 0 Å². The Hall–Kier alpha value is -1.19. The van der Waals surface area contributed by atoms with E-state index in [1.54, 1.807) is 7.11 Å². The summed E-state index contributed by atoms with van der Waals surface area (Å²) in [6, 6.07) is 4.04. The van der Waals surface area contributed by atoms with Crippen molar-refractivity contribution in [2.75, 3.05) is 21.2 Å². The average Bonchev–Trinajstić information content (AvgIpc) is 2.54. The molecule has 0 fully saturated rings. The van der Waals surface area contributed by atoms with Gasteiger partial charge in [-0.05, 0) is 26.2 Å². The lowest BCUT2D eigenvalue weighted by molar-refractivity contribution is 0.374. The number of rotatable bonds is 3. The Bertz CT molecular complexity index is 546. The van der Waals surface area contributed by atoms with Crippen LogP contribution in [0.25, 0.3) is 10.9 Å². The van der Waals surface area contributed by atoms with E-state index in [4.69, 9.17) is 16.3 Å². The zero-order valence-electron chi connectivity index (χ0n) is 10.6. The summed E-state index contributed by atoms with van der Waals surface area (Å²) >= 11 is 6.30. The summed E-state index contributed by atoms with van der Waals surface area (Å²) in [4.78, 5) is 2.11. The van der Waals surface area contributed by atoms with Crippen LogP contribution in [0.5, 0.6) is 5.75 Å². The molecule has 0 amide bonds. The topological polar surface area (TPSA) is 17.4 Å². The van der Waals surface area contributed by atoms with Crippen LogP contribution >= 0.6 is 11.6 Å². The molecule has 0 aliphatic carbocycles. The fraction of sp³-hybridized carbons (Fsp3) is 0.385. The highest BCUT2D eigenvalue weighted by atomic mass is 35.5. The molecular formula is C13H17ClN2O. The van der Waals surface area contributed by atoms with Crippen molar-refractivity contribution in [3.05, 3.63) is 28.9 Å². The van der Waals surface area contributed by atoms with E-state index in [-0.39, 0.29) is 0 Å². The molecule has 0 aliphatic rings. The van der Waals surface area contributed by atoms with Gasteiger partial charge < -0.3 is 14.2 Å². The number of ether oxygens (including phenoxy) is 1. The van der Waals surface area contributed by atoms with Gasteiger partial charge in [-0.3, -0.25) is 0 Å². The molecule has 2 rings (SSSR count). The molecule has 0 saturated carbocycles. The maximum Gasteiger partial charge on any atom is 0.124 e. The molecule has 4 heteroatoms. The van der Waals surface area contributed by atoms with Gasteiger partial charge >= 0.3 is 0 Å². The van der Waals surface area contributed by atoms with Crippen LogP contribution in [-0.2, 0) is 13.6 Å². The molecule has 0 bridgehead atoms. The van der Waals surface area contributed by atoms with Crippen molar-refractivity contribution in [1.29, 1.82) is 0 Å². The van der Waals surface area contributed by atoms with Gasteiger partial charge in [-0.1, -0.05) is 11.6 Å². The maximum atomic E-state index is 6.30. The molecule has 0 spiro atoms. The number of aromatic nitrogens is 1. The fourth-order valence-electron chi connectivity index (χ4n) is 2.15. The smallest absolute Gasteiger partial charge is 0.124 e. The first-order valence-electron chi connectivity index (χ1n) is 5.49. The molecule has 1 aromatic heterocycles. The van der Waals surface area contributed by atoms with Crippen LogP contribution in [0.15, 0.2) is 18.3 Å². The number of halogens is 1. The molecule has 0 radical (unpaired) electrons. The molecule has 92 valence electrons. The van der Waals surface area contributed by atoms with Gasteiger partial charge in [0.2, 0.25) is 0 Å². The number of benzene rings is 1. The first-order valence-corrected chi connectivity index (χ1v) is 5.87. The van der Waals surface area contributed by atoms with Crippen LogP contribution in [0.2, 0.25) is 5.02 Å². The molecule has 1 heterocycles. The summed E-state index contributed by atoms with van der Waals surface area (Å²) < 4.78 is 7.46. The van der Waals surface area contributed by atoms with E-state index in [1.165, 1.54) is 0 Å². The van der Waals surface area contributed by atoms with E-state index >= 15 is 0 Å². The van der Waals surface area contributed by atoms with Crippen LogP contribution in [0, 0.1) is 0 Å². The first kappa shape index (κ1) is 12.3. The van der Waals surface area contributed by atoms with Crippen molar-refractivity contribution >= 4 is 22.5 Å². The van der Waals surface area contributed by atoms with Crippen LogP contribution in [-0.4, -0.2) is 30.7 Å². The molecule has 0 unspecified atom stereocenters. The fourth-order valence-corrected chi connectivity index (χ4v) is 2.50. The minimum Gasteiger partial charge on any atom is -0.496 e. The molecule has 0 aliphatic heterocycles. The van der Waals surface area contributed by atoms with Crippen LogP contribution in [0.4, 0.5) is 0 Å². The highest BCUT2D eigenvalue weighted by Gasteiger charge is 2.14. The Morgan fingerprint density at radius 1 is 1.35 bits per heavy atom. The predicted octanol–water partition coefficient (Wildman–Crippen LogP) is 2.90.